The van der Waals surface area contributed by atoms with Crippen LogP contribution in [0.2, 0.25) is 0 Å². The lowest BCUT2D eigenvalue weighted by molar-refractivity contribution is 0.590. The summed E-state index contributed by atoms with van der Waals surface area (Å²) in [5, 5.41) is 0. The molecule has 88 valence electrons. The van der Waals surface area contributed by atoms with Crippen LogP contribution in [0, 0.1) is 6.92 Å². The Balaban J connectivity index is 2.69. The first-order valence-electron chi connectivity index (χ1n) is 6.01. The molecule has 0 saturated heterocycles. The summed E-state index contributed by atoms with van der Waals surface area (Å²) >= 11 is 0. The van der Waals surface area contributed by atoms with Crippen molar-refractivity contribution in [2.75, 3.05) is 0 Å². The van der Waals surface area contributed by atoms with Crippen LogP contribution in [0.3, 0.4) is 0 Å². The number of hydrogen-bond donors (Lipinski definition) is 0. The molecule has 0 N–H and O–H groups in total. The van der Waals surface area contributed by atoms with E-state index in [2.05, 4.69) is 63.0 Å². The summed E-state index contributed by atoms with van der Waals surface area (Å²) in [5.41, 5.74) is 5.13. The molecule has 0 atom stereocenters. The van der Waals surface area contributed by atoms with Gasteiger partial charge in [0, 0.05) is 17.5 Å². The molecule has 0 fully saturated rings. The minimum Gasteiger partial charge on any atom is -0.261 e. The van der Waals surface area contributed by atoms with Gasteiger partial charge in [-0.15, -0.1) is 0 Å². The minimum atomic E-state index is 0.138. The maximum Gasteiger partial charge on any atom is 0.0453 e. The molecule has 1 nitrogen and oxygen atoms in total. The Hall–Kier alpha value is -1.63. The van der Waals surface area contributed by atoms with Gasteiger partial charge in [0.15, 0.2) is 0 Å². The molecule has 0 saturated carbocycles. The third-order valence-electron chi connectivity index (χ3n) is 3.01. The summed E-state index contributed by atoms with van der Waals surface area (Å²) in [6.45, 7) is 8.81. The second-order valence-corrected chi connectivity index (χ2v) is 5.43. The SMILES string of the molecule is Cc1nccc(C(C)(C)C)c1-c1ccccc1. The van der Waals surface area contributed by atoms with E-state index in [1.54, 1.807) is 0 Å². The van der Waals surface area contributed by atoms with Gasteiger partial charge in [0.25, 0.3) is 0 Å². The van der Waals surface area contributed by atoms with Crippen molar-refractivity contribution in [1.82, 2.24) is 4.98 Å². The molecule has 1 aromatic heterocycles. The van der Waals surface area contributed by atoms with Crippen molar-refractivity contribution >= 4 is 0 Å². The summed E-state index contributed by atoms with van der Waals surface area (Å²) in [7, 11) is 0. The molecule has 0 spiro atoms. The first-order valence-corrected chi connectivity index (χ1v) is 6.01. The van der Waals surface area contributed by atoms with Crippen molar-refractivity contribution in [2.45, 2.75) is 33.1 Å². The topological polar surface area (TPSA) is 12.9 Å². The van der Waals surface area contributed by atoms with Gasteiger partial charge in [0.2, 0.25) is 0 Å². The molecule has 0 unspecified atom stereocenters. The van der Waals surface area contributed by atoms with Crippen LogP contribution in [0.4, 0.5) is 0 Å². The summed E-state index contributed by atoms with van der Waals surface area (Å²) in [4.78, 5) is 4.43. The van der Waals surface area contributed by atoms with E-state index >= 15 is 0 Å². The van der Waals surface area contributed by atoms with Crippen molar-refractivity contribution in [3.05, 3.63) is 53.9 Å². The van der Waals surface area contributed by atoms with Crippen LogP contribution < -0.4 is 0 Å². The average molecular weight is 225 g/mol. The van der Waals surface area contributed by atoms with Gasteiger partial charge in [-0.25, -0.2) is 0 Å². The molecule has 17 heavy (non-hydrogen) atoms. The molecule has 1 aromatic carbocycles. The molecule has 0 aliphatic rings. The Morgan fingerprint density at radius 3 is 2.18 bits per heavy atom. The van der Waals surface area contributed by atoms with Crippen molar-refractivity contribution in [1.29, 1.82) is 0 Å². The molecule has 2 aromatic rings. The first kappa shape index (κ1) is 11.8. The summed E-state index contributed by atoms with van der Waals surface area (Å²) in [6.07, 6.45) is 1.91. The monoisotopic (exact) mass is 225 g/mol. The van der Waals surface area contributed by atoms with Crippen molar-refractivity contribution in [2.24, 2.45) is 0 Å². The smallest absolute Gasteiger partial charge is 0.0453 e. The largest absolute Gasteiger partial charge is 0.261 e. The third-order valence-corrected chi connectivity index (χ3v) is 3.01. The Labute approximate surface area is 104 Å². The number of hydrogen-bond acceptors (Lipinski definition) is 1. The van der Waals surface area contributed by atoms with E-state index in [1.165, 1.54) is 16.7 Å². The minimum absolute atomic E-state index is 0.138. The lowest BCUT2D eigenvalue weighted by atomic mass is 9.82. The quantitative estimate of drug-likeness (QED) is 0.703. The lowest BCUT2D eigenvalue weighted by Crippen LogP contribution is -2.14. The molecule has 2 rings (SSSR count). The Kier molecular flexibility index (Phi) is 3.01. The average Bonchev–Trinajstić information content (AvgIpc) is 2.28. The number of benzene rings is 1. The van der Waals surface area contributed by atoms with Gasteiger partial charge in [-0.1, -0.05) is 51.1 Å². The predicted octanol–water partition coefficient (Wildman–Crippen LogP) is 4.35. The van der Waals surface area contributed by atoms with E-state index in [0.29, 0.717) is 0 Å². The molecule has 1 heterocycles. The first-order chi connectivity index (χ1) is 8.00. The number of aromatic nitrogens is 1. The van der Waals surface area contributed by atoms with Crippen molar-refractivity contribution < 1.29 is 0 Å². The molecular weight excluding hydrogens is 206 g/mol. The Morgan fingerprint density at radius 1 is 0.941 bits per heavy atom. The van der Waals surface area contributed by atoms with E-state index < -0.39 is 0 Å². The number of nitrogens with zero attached hydrogens (tertiary/aromatic N) is 1. The zero-order valence-corrected chi connectivity index (χ0v) is 11.0. The van der Waals surface area contributed by atoms with Gasteiger partial charge >= 0.3 is 0 Å². The fourth-order valence-electron chi connectivity index (χ4n) is 2.16. The maximum atomic E-state index is 4.43. The van der Waals surface area contributed by atoms with Crippen molar-refractivity contribution in [3.63, 3.8) is 0 Å². The summed E-state index contributed by atoms with van der Waals surface area (Å²) in [5.74, 6) is 0. The molecule has 0 bridgehead atoms. The maximum absolute atomic E-state index is 4.43. The van der Waals surface area contributed by atoms with Crippen LogP contribution >= 0.6 is 0 Å². The normalized spacial score (nSPS) is 11.5. The van der Waals surface area contributed by atoms with E-state index in [9.17, 15) is 0 Å². The summed E-state index contributed by atoms with van der Waals surface area (Å²) < 4.78 is 0. The second-order valence-electron chi connectivity index (χ2n) is 5.43. The molecule has 1 heteroatoms. The zero-order valence-electron chi connectivity index (χ0n) is 11.0. The fourth-order valence-corrected chi connectivity index (χ4v) is 2.16. The van der Waals surface area contributed by atoms with Crippen LogP contribution in [0.25, 0.3) is 11.1 Å². The Morgan fingerprint density at radius 2 is 1.59 bits per heavy atom. The number of rotatable bonds is 1. The van der Waals surface area contributed by atoms with Gasteiger partial charge in [0.1, 0.15) is 0 Å². The van der Waals surface area contributed by atoms with Crippen LogP contribution in [0.15, 0.2) is 42.6 Å². The molecule has 0 aliphatic carbocycles. The standard InChI is InChI=1S/C16H19N/c1-12-15(13-8-6-5-7-9-13)14(10-11-17-12)16(2,3)4/h5-11H,1-4H3. The van der Waals surface area contributed by atoms with Gasteiger partial charge in [0.05, 0.1) is 0 Å². The van der Waals surface area contributed by atoms with Crippen LogP contribution in [0.1, 0.15) is 32.0 Å². The van der Waals surface area contributed by atoms with E-state index in [0.717, 1.165) is 5.69 Å². The highest BCUT2D eigenvalue weighted by Crippen LogP contribution is 2.34. The predicted molar refractivity (Wildman–Crippen MR) is 73.1 cm³/mol. The zero-order chi connectivity index (χ0) is 12.5. The highest BCUT2D eigenvalue weighted by molar-refractivity contribution is 5.70. The molecule has 0 aliphatic heterocycles. The van der Waals surface area contributed by atoms with Gasteiger partial charge in [-0.05, 0) is 29.5 Å². The van der Waals surface area contributed by atoms with Gasteiger partial charge < -0.3 is 0 Å². The van der Waals surface area contributed by atoms with Crippen LogP contribution in [-0.2, 0) is 5.41 Å². The highest BCUT2D eigenvalue weighted by atomic mass is 14.7. The lowest BCUT2D eigenvalue weighted by Gasteiger charge is -2.24. The van der Waals surface area contributed by atoms with E-state index in [-0.39, 0.29) is 5.41 Å². The van der Waals surface area contributed by atoms with Crippen molar-refractivity contribution in [3.8, 4) is 11.1 Å². The van der Waals surface area contributed by atoms with E-state index in [1.807, 2.05) is 12.3 Å². The molecular formula is C16H19N. The van der Waals surface area contributed by atoms with Gasteiger partial charge in [-0.2, -0.15) is 0 Å². The van der Waals surface area contributed by atoms with Gasteiger partial charge in [-0.3, -0.25) is 4.98 Å². The van der Waals surface area contributed by atoms with E-state index in [4.69, 9.17) is 0 Å². The fraction of sp³-hybridized carbons (Fsp3) is 0.312. The highest BCUT2D eigenvalue weighted by Gasteiger charge is 2.20. The number of aryl methyl sites for hydroxylation is 1. The second kappa shape index (κ2) is 4.33. The Bertz CT molecular complexity index is 507. The third kappa shape index (κ3) is 2.38. The number of pyridine rings is 1. The summed E-state index contributed by atoms with van der Waals surface area (Å²) in [6, 6.07) is 12.6. The van der Waals surface area contributed by atoms with Crippen LogP contribution in [-0.4, -0.2) is 4.98 Å². The molecule has 0 radical (unpaired) electrons. The molecule has 0 amide bonds. The van der Waals surface area contributed by atoms with Crippen LogP contribution in [0.5, 0.6) is 0 Å².